The number of carbonyl (C=O) groups excluding carboxylic acids is 1. The first-order valence-electron chi connectivity index (χ1n) is 9.64. The largest absolute Gasteiger partial charge is 0.351 e. The number of carbonyl (C=O) groups is 1. The molecule has 150 valence electrons. The summed E-state index contributed by atoms with van der Waals surface area (Å²) in [6, 6.07) is 20.6. The highest BCUT2D eigenvalue weighted by molar-refractivity contribution is 5.94. The van der Waals surface area contributed by atoms with Crippen LogP contribution in [0, 0.1) is 5.82 Å². The molecule has 29 heavy (non-hydrogen) atoms. The van der Waals surface area contributed by atoms with Gasteiger partial charge in [-0.2, -0.15) is 0 Å². The van der Waals surface area contributed by atoms with Gasteiger partial charge in [0.1, 0.15) is 5.82 Å². The van der Waals surface area contributed by atoms with Gasteiger partial charge in [0.25, 0.3) is 5.91 Å². The van der Waals surface area contributed by atoms with Gasteiger partial charge in [-0.3, -0.25) is 9.69 Å². The molecule has 1 heterocycles. The fourth-order valence-corrected chi connectivity index (χ4v) is 3.70. The van der Waals surface area contributed by atoms with Gasteiger partial charge in [0.2, 0.25) is 0 Å². The lowest BCUT2D eigenvalue weighted by Crippen LogP contribution is -2.37. The Morgan fingerprint density at radius 3 is 2.52 bits per heavy atom. The van der Waals surface area contributed by atoms with Crippen LogP contribution in [-0.2, 0) is 0 Å². The van der Waals surface area contributed by atoms with Crippen molar-refractivity contribution in [1.82, 2.24) is 10.2 Å². The van der Waals surface area contributed by atoms with Crippen LogP contribution in [0.15, 0.2) is 72.8 Å². The van der Waals surface area contributed by atoms with Crippen molar-refractivity contribution in [2.24, 2.45) is 0 Å². The van der Waals surface area contributed by atoms with Crippen LogP contribution in [0.3, 0.4) is 0 Å². The van der Waals surface area contributed by atoms with Gasteiger partial charge in [-0.25, -0.2) is 4.39 Å². The van der Waals surface area contributed by atoms with E-state index in [1.54, 1.807) is 0 Å². The van der Waals surface area contributed by atoms with Crippen molar-refractivity contribution in [2.45, 2.75) is 6.42 Å². The summed E-state index contributed by atoms with van der Waals surface area (Å²) in [7, 11) is 0. The first-order chi connectivity index (χ1) is 13.7. The molecule has 0 atom stereocenters. The van der Waals surface area contributed by atoms with Gasteiger partial charge in [-0.05, 0) is 52.6 Å². The molecule has 1 N–H and O–H groups in total. The molecule has 1 aliphatic rings. The summed E-state index contributed by atoms with van der Waals surface area (Å²) in [4.78, 5) is 14.4. The number of benzene rings is 3. The van der Waals surface area contributed by atoms with E-state index in [0.29, 0.717) is 12.1 Å². The molecule has 3 aromatic carbocycles. The average molecular weight is 411 g/mol. The Morgan fingerprint density at radius 1 is 1.00 bits per heavy atom. The van der Waals surface area contributed by atoms with Crippen LogP contribution in [0.1, 0.15) is 22.3 Å². The Balaban J connectivity index is 0.00000240. The van der Waals surface area contributed by atoms with Gasteiger partial charge in [0.05, 0.1) is 0 Å². The zero-order valence-electron chi connectivity index (χ0n) is 16.1. The molecule has 0 saturated heterocycles. The molecule has 3 nitrogen and oxygen atoms in total. The standard InChI is InChI=1S/C24H23FN2O.ClH/c25-21-10-8-20(9-11-21)24(28)26-14-17-27-15-12-19(13-16-27)23-7-3-5-18-4-1-2-6-22(18)23;/h1-12H,13-17H2,(H,26,28);1H. The van der Waals surface area contributed by atoms with Crippen molar-refractivity contribution in [3.8, 4) is 0 Å². The first-order valence-corrected chi connectivity index (χ1v) is 9.64. The lowest BCUT2D eigenvalue weighted by atomic mass is 9.94. The predicted octanol–water partition coefficient (Wildman–Crippen LogP) is 4.92. The average Bonchev–Trinajstić information content (AvgIpc) is 2.74. The van der Waals surface area contributed by atoms with E-state index >= 15 is 0 Å². The number of fused-ring (bicyclic) bond motifs is 1. The summed E-state index contributed by atoms with van der Waals surface area (Å²) in [5.74, 6) is -0.498. The predicted molar refractivity (Wildman–Crippen MR) is 119 cm³/mol. The Labute approximate surface area is 176 Å². The molecule has 0 radical (unpaired) electrons. The summed E-state index contributed by atoms with van der Waals surface area (Å²) in [5.41, 5.74) is 3.20. The molecule has 4 rings (SSSR count). The SMILES string of the molecule is Cl.O=C(NCCN1CC=C(c2cccc3ccccc23)CC1)c1ccc(F)cc1. The maximum absolute atomic E-state index is 12.9. The van der Waals surface area contributed by atoms with Crippen LogP contribution < -0.4 is 5.32 Å². The van der Waals surface area contributed by atoms with Gasteiger partial charge in [-0.1, -0.05) is 48.5 Å². The van der Waals surface area contributed by atoms with Crippen molar-refractivity contribution in [3.05, 3.63) is 89.8 Å². The lowest BCUT2D eigenvalue weighted by molar-refractivity contribution is 0.0949. The van der Waals surface area contributed by atoms with Crippen LogP contribution in [0.25, 0.3) is 16.3 Å². The van der Waals surface area contributed by atoms with E-state index in [2.05, 4.69) is 58.8 Å². The Kier molecular flexibility index (Phi) is 7.02. The molecular formula is C24H24ClFN2O. The van der Waals surface area contributed by atoms with Gasteiger partial charge < -0.3 is 5.32 Å². The summed E-state index contributed by atoms with van der Waals surface area (Å²) < 4.78 is 12.9. The first kappa shape index (κ1) is 21.0. The van der Waals surface area contributed by atoms with E-state index in [1.807, 2.05) is 0 Å². The number of nitrogens with one attached hydrogen (secondary N) is 1. The molecule has 1 amide bonds. The molecule has 0 aromatic heterocycles. The minimum Gasteiger partial charge on any atom is -0.351 e. The lowest BCUT2D eigenvalue weighted by Gasteiger charge is -2.27. The molecule has 0 aliphatic carbocycles. The molecule has 0 saturated carbocycles. The molecular weight excluding hydrogens is 387 g/mol. The van der Waals surface area contributed by atoms with Gasteiger partial charge >= 0.3 is 0 Å². The van der Waals surface area contributed by atoms with E-state index in [4.69, 9.17) is 0 Å². The highest BCUT2D eigenvalue weighted by Gasteiger charge is 2.14. The van der Waals surface area contributed by atoms with Crippen LogP contribution in [0.5, 0.6) is 0 Å². The number of nitrogens with zero attached hydrogens (tertiary/aromatic N) is 1. The molecule has 1 aliphatic heterocycles. The second kappa shape index (κ2) is 9.68. The number of rotatable bonds is 5. The Morgan fingerprint density at radius 2 is 1.76 bits per heavy atom. The monoisotopic (exact) mass is 410 g/mol. The van der Waals surface area contributed by atoms with Crippen molar-refractivity contribution < 1.29 is 9.18 Å². The fourth-order valence-electron chi connectivity index (χ4n) is 3.70. The second-order valence-electron chi connectivity index (χ2n) is 7.07. The molecule has 0 spiro atoms. The number of halogens is 2. The maximum Gasteiger partial charge on any atom is 0.251 e. The van der Waals surface area contributed by atoms with Gasteiger partial charge in [-0.15, -0.1) is 12.4 Å². The minimum atomic E-state index is -0.335. The zero-order chi connectivity index (χ0) is 19.3. The maximum atomic E-state index is 12.9. The van der Waals surface area contributed by atoms with Crippen molar-refractivity contribution in [2.75, 3.05) is 26.2 Å². The van der Waals surface area contributed by atoms with Crippen LogP contribution in [-0.4, -0.2) is 37.0 Å². The van der Waals surface area contributed by atoms with E-state index in [0.717, 1.165) is 26.1 Å². The number of hydrogen-bond donors (Lipinski definition) is 1. The molecule has 5 heteroatoms. The Bertz CT molecular complexity index is 1010. The third-order valence-corrected chi connectivity index (χ3v) is 5.25. The smallest absolute Gasteiger partial charge is 0.251 e. The van der Waals surface area contributed by atoms with Crippen LogP contribution in [0.2, 0.25) is 0 Å². The van der Waals surface area contributed by atoms with Gasteiger partial charge in [0.15, 0.2) is 0 Å². The van der Waals surface area contributed by atoms with Crippen molar-refractivity contribution in [3.63, 3.8) is 0 Å². The third-order valence-electron chi connectivity index (χ3n) is 5.25. The Hall–Kier alpha value is -2.69. The van der Waals surface area contributed by atoms with Crippen molar-refractivity contribution >= 4 is 34.7 Å². The van der Waals surface area contributed by atoms with Crippen LogP contribution >= 0.6 is 12.4 Å². The topological polar surface area (TPSA) is 32.3 Å². The minimum absolute atomic E-state index is 0. The summed E-state index contributed by atoms with van der Waals surface area (Å²) in [6.07, 6.45) is 3.30. The highest BCUT2D eigenvalue weighted by atomic mass is 35.5. The molecule has 0 fully saturated rings. The zero-order valence-corrected chi connectivity index (χ0v) is 16.9. The van der Waals surface area contributed by atoms with E-state index in [1.165, 1.54) is 46.2 Å². The normalized spacial score (nSPS) is 14.2. The highest BCUT2D eigenvalue weighted by Crippen LogP contribution is 2.29. The molecule has 0 unspecified atom stereocenters. The van der Waals surface area contributed by atoms with Gasteiger partial charge in [0, 0.05) is 31.7 Å². The number of amides is 1. The fraction of sp³-hybridized carbons (Fsp3) is 0.208. The quantitative estimate of drug-likeness (QED) is 0.647. The van der Waals surface area contributed by atoms with E-state index in [9.17, 15) is 9.18 Å². The second-order valence-corrected chi connectivity index (χ2v) is 7.07. The van der Waals surface area contributed by atoms with E-state index in [-0.39, 0.29) is 24.1 Å². The summed E-state index contributed by atoms with van der Waals surface area (Å²) >= 11 is 0. The number of hydrogen-bond acceptors (Lipinski definition) is 2. The third kappa shape index (κ3) is 5.03. The van der Waals surface area contributed by atoms with E-state index < -0.39 is 0 Å². The molecule has 3 aromatic rings. The van der Waals surface area contributed by atoms with Crippen molar-refractivity contribution in [1.29, 1.82) is 0 Å². The summed E-state index contributed by atoms with van der Waals surface area (Å²) in [6.45, 7) is 3.23. The molecule has 0 bridgehead atoms. The summed E-state index contributed by atoms with van der Waals surface area (Å²) in [5, 5.41) is 5.48. The van der Waals surface area contributed by atoms with Crippen LogP contribution in [0.4, 0.5) is 4.39 Å².